The molecule has 0 spiro atoms. The quantitative estimate of drug-likeness (QED) is 0.335. The van der Waals surface area contributed by atoms with Gasteiger partial charge in [-0.2, -0.15) is 4.98 Å². The van der Waals surface area contributed by atoms with Crippen molar-refractivity contribution in [3.8, 4) is 0 Å². The van der Waals surface area contributed by atoms with Gasteiger partial charge in [-0.3, -0.25) is 24.5 Å². The molecule has 148 valence electrons. The molecule has 3 rings (SSSR count). The Balaban J connectivity index is 1.94. The molecule has 1 amide bonds. The molecule has 0 unspecified atom stereocenters. The molecular formula is C17H19N5O6. The van der Waals surface area contributed by atoms with Gasteiger partial charge in [0.1, 0.15) is 6.10 Å². The Bertz CT molecular complexity index is 998. The second-order valence-corrected chi connectivity index (χ2v) is 5.82. The predicted molar refractivity (Wildman–Crippen MR) is 97.7 cm³/mol. The fraction of sp³-hybridized carbons (Fsp3) is 0.294. The maximum Gasteiger partial charge on any atom is 0.280 e. The molecule has 0 saturated heterocycles. The first-order chi connectivity index (χ1) is 13.6. The fourth-order valence-electron chi connectivity index (χ4n) is 2.53. The number of H-pyrrole nitrogens is 1. The van der Waals surface area contributed by atoms with Crippen molar-refractivity contribution in [1.82, 2.24) is 19.5 Å². The summed E-state index contributed by atoms with van der Waals surface area (Å²) >= 11 is 0. The second kappa shape index (κ2) is 8.71. The van der Waals surface area contributed by atoms with Gasteiger partial charge in [-0.25, -0.2) is 4.98 Å². The van der Waals surface area contributed by atoms with E-state index in [0.29, 0.717) is 5.56 Å². The van der Waals surface area contributed by atoms with Crippen LogP contribution in [-0.4, -0.2) is 66.7 Å². The van der Waals surface area contributed by atoms with Crippen molar-refractivity contribution < 1.29 is 24.9 Å². The molecule has 3 aromatic rings. The van der Waals surface area contributed by atoms with Crippen LogP contribution in [0.15, 0.2) is 41.5 Å². The number of hydrogen-bond acceptors (Lipinski definition) is 8. The summed E-state index contributed by atoms with van der Waals surface area (Å²) < 4.78 is 6.69. The molecule has 0 aliphatic heterocycles. The first-order valence-electron chi connectivity index (χ1n) is 8.38. The molecule has 1 atom stereocenters. The molecule has 2 aromatic heterocycles. The molecule has 0 fully saturated rings. The summed E-state index contributed by atoms with van der Waals surface area (Å²) in [6.07, 6.45) is -0.752. The Hall–Kier alpha value is -3.12. The van der Waals surface area contributed by atoms with Crippen molar-refractivity contribution in [1.29, 1.82) is 0 Å². The van der Waals surface area contributed by atoms with Crippen LogP contribution in [0.25, 0.3) is 11.2 Å². The van der Waals surface area contributed by atoms with E-state index in [0.717, 1.165) is 0 Å². The molecule has 11 heteroatoms. The number of aromatic nitrogens is 4. The summed E-state index contributed by atoms with van der Waals surface area (Å²) in [6.45, 7) is -1.46. The first-order valence-corrected chi connectivity index (χ1v) is 8.38. The molecular weight excluding hydrogens is 370 g/mol. The van der Waals surface area contributed by atoms with Gasteiger partial charge in [0.2, 0.25) is 5.95 Å². The van der Waals surface area contributed by atoms with Gasteiger partial charge in [0.15, 0.2) is 17.4 Å². The normalized spacial score (nSPS) is 12.4. The summed E-state index contributed by atoms with van der Waals surface area (Å²) in [5, 5.41) is 30.4. The molecule has 0 bridgehead atoms. The number of aliphatic hydroxyl groups excluding tert-OH is 3. The molecule has 0 aliphatic carbocycles. The third-order valence-corrected chi connectivity index (χ3v) is 3.92. The number of nitrogens with zero attached hydrogens (tertiary/aromatic N) is 3. The predicted octanol–water partition coefficient (Wildman–Crippen LogP) is -0.767. The number of carbonyl (C=O) groups is 1. The highest BCUT2D eigenvalue weighted by atomic mass is 16.5. The van der Waals surface area contributed by atoms with Crippen molar-refractivity contribution >= 4 is 23.0 Å². The highest BCUT2D eigenvalue weighted by molar-refractivity contribution is 6.03. The third kappa shape index (κ3) is 4.07. The molecule has 11 nitrogen and oxygen atoms in total. The van der Waals surface area contributed by atoms with Crippen molar-refractivity contribution in [3.63, 3.8) is 0 Å². The average molecular weight is 389 g/mol. The van der Waals surface area contributed by atoms with E-state index in [-0.39, 0.29) is 17.1 Å². The Morgan fingerprint density at radius 2 is 1.89 bits per heavy atom. The zero-order chi connectivity index (χ0) is 20.1. The van der Waals surface area contributed by atoms with E-state index >= 15 is 0 Å². The number of anilines is 1. The summed E-state index contributed by atoms with van der Waals surface area (Å²) in [5.41, 5.74) is -0.182. The molecule has 5 N–H and O–H groups in total. The van der Waals surface area contributed by atoms with E-state index in [1.54, 1.807) is 30.3 Å². The molecule has 28 heavy (non-hydrogen) atoms. The summed E-state index contributed by atoms with van der Waals surface area (Å²) in [6, 6.07) is 8.38. The maximum absolute atomic E-state index is 12.3. The van der Waals surface area contributed by atoms with Crippen LogP contribution < -0.4 is 10.9 Å². The molecule has 0 radical (unpaired) electrons. The van der Waals surface area contributed by atoms with Gasteiger partial charge < -0.3 is 20.1 Å². The number of amides is 1. The monoisotopic (exact) mass is 389 g/mol. The minimum Gasteiger partial charge on any atom is -0.394 e. The molecule has 0 aliphatic rings. The Morgan fingerprint density at radius 1 is 1.18 bits per heavy atom. The SMILES string of the molecule is O=C(Nc1nc2c(ncn2[C@@H](CO)OC(CO)CO)c(=O)[nH]1)c1ccccc1. The van der Waals surface area contributed by atoms with Crippen molar-refractivity contribution in [2.45, 2.75) is 12.3 Å². The summed E-state index contributed by atoms with van der Waals surface area (Å²) in [5.74, 6) is -0.574. The standard InChI is InChI=1S/C17H19N5O6/c23-6-11(7-24)28-12(8-25)22-9-18-13-14(22)19-17(21-16(13)27)20-15(26)10-4-2-1-3-5-10/h1-5,9,11-12,23-25H,6-8H2,(H2,19,20,21,26,27)/t12-/m1/s1. The minimum absolute atomic E-state index is 0.0238. The zero-order valence-electron chi connectivity index (χ0n) is 14.6. The van der Waals surface area contributed by atoms with Gasteiger partial charge in [-0.15, -0.1) is 0 Å². The summed E-state index contributed by atoms with van der Waals surface area (Å²) in [4.78, 5) is 35.1. The van der Waals surface area contributed by atoms with Crippen LogP contribution in [0.3, 0.4) is 0 Å². The van der Waals surface area contributed by atoms with Gasteiger partial charge >= 0.3 is 0 Å². The van der Waals surface area contributed by atoms with Crippen LogP contribution in [0.5, 0.6) is 0 Å². The lowest BCUT2D eigenvalue weighted by atomic mass is 10.2. The number of aliphatic hydroxyl groups is 3. The van der Waals surface area contributed by atoms with E-state index < -0.39 is 43.6 Å². The Labute approximate surface area is 158 Å². The number of ether oxygens (including phenoxy) is 1. The van der Waals surface area contributed by atoms with Crippen molar-refractivity contribution in [2.24, 2.45) is 0 Å². The topological polar surface area (TPSA) is 163 Å². The van der Waals surface area contributed by atoms with Gasteiger partial charge in [-0.1, -0.05) is 18.2 Å². The Kier molecular flexibility index (Phi) is 6.11. The lowest BCUT2D eigenvalue weighted by molar-refractivity contribution is -0.110. The van der Waals surface area contributed by atoms with Crippen LogP contribution in [0.1, 0.15) is 16.6 Å². The third-order valence-electron chi connectivity index (χ3n) is 3.92. The number of carbonyl (C=O) groups excluding carboxylic acids is 1. The highest BCUT2D eigenvalue weighted by Crippen LogP contribution is 2.17. The largest absolute Gasteiger partial charge is 0.394 e. The Morgan fingerprint density at radius 3 is 2.54 bits per heavy atom. The number of rotatable bonds is 8. The van der Waals surface area contributed by atoms with Crippen LogP contribution in [0.4, 0.5) is 5.95 Å². The number of nitrogens with one attached hydrogen (secondary N) is 2. The number of hydrogen-bond donors (Lipinski definition) is 5. The van der Waals surface area contributed by atoms with E-state index in [1.807, 2.05) is 0 Å². The number of imidazole rings is 1. The maximum atomic E-state index is 12.3. The lowest BCUT2D eigenvalue weighted by Gasteiger charge is -2.22. The molecule has 0 saturated carbocycles. The van der Waals surface area contributed by atoms with Crippen LogP contribution in [0, 0.1) is 0 Å². The average Bonchev–Trinajstić information content (AvgIpc) is 3.14. The van der Waals surface area contributed by atoms with Crippen LogP contribution in [-0.2, 0) is 4.74 Å². The van der Waals surface area contributed by atoms with Crippen LogP contribution >= 0.6 is 0 Å². The van der Waals surface area contributed by atoms with Crippen LogP contribution in [0.2, 0.25) is 0 Å². The van der Waals surface area contributed by atoms with Crippen molar-refractivity contribution in [3.05, 3.63) is 52.6 Å². The number of aromatic amines is 1. The van der Waals surface area contributed by atoms with Gasteiger partial charge in [0.05, 0.1) is 26.1 Å². The lowest BCUT2D eigenvalue weighted by Crippen LogP contribution is -2.29. The van der Waals surface area contributed by atoms with E-state index in [1.165, 1.54) is 10.9 Å². The van der Waals surface area contributed by atoms with Crippen molar-refractivity contribution in [2.75, 3.05) is 25.1 Å². The van der Waals surface area contributed by atoms with E-state index in [4.69, 9.17) is 14.9 Å². The van der Waals surface area contributed by atoms with E-state index in [9.17, 15) is 14.7 Å². The zero-order valence-corrected chi connectivity index (χ0v) is 14.6. The second-order valence-electron chi connectivity index (χ2n) is 5.82. The first kappa shape index (κ1) is 19.6. The fourth-order valence-corrected chi connectivity index (χ4v) is 2.53. The summed E-state index contributed by atoms with van der Waals surface area (Å²) in [7, 11) is 0. The van der Waals surface area contributed by atoms with Gasteiger partial charge in [-0.05, 0) is 12.1 Å². The number of benzene rings is 1. The smallest absolute Gasteiger partial charge is 0.280 e. The van der Waals surface area contributed by atoms with Gasteiger partial charge in [0.25, 0.3) is 11.5 Å². The van der Waals surface area contributed by atoms with E-state index in [2.05, 4.69) is 20.3 Å². The number of fused-ring (bicyclic) bond motifs is 1. The molecule has 1 aromatic carbocycles. The van der Waals surface area contributed by atoms with Gasteiger partial charge in [0, 0.05) is 5.56 Å². The highest BCUT2D eigenvalue weighted by Gasteiger charge is 2.21. The minimum atomic E-state index is -1.05. The molecule has 2 heterocycles.